The van der Waals surface area contributed by atoms with Crippen molar-refractivity contribution in [2.24, 2.45) is 29.4 Å². The second-order valence-corrected chi connectivity index (χ2v) is 9.02. The van der Waals surface area contributed by atoms with Gasteiger partial charge in [-0.15, -0.1) is 0 Å². The van der Waals surface area contributed by atoms with Crippen molar-refractivity contribution in [1.29, 1.82) is 0 Å². The van der Waals surface area contributed by atoms with E-state index in [4.69, 9.17) is 17.3 Å². The van der Waals surface area contributed by atoms with Gasteiger partial charge in [0.1, 0.15) is 0 Å². The molecule has 9 heteroatoms. The first-order valence-corrected chi connectivity index (χ1v) is 10.9. The topological polar surface area (TPSA) is 113 Å². The number of fused-ring (bicyclic) bond motifs is 2. The number of primary amides is 1. The molecule has 1 amide bonds. The predicted octanol–water partition coefficient (Wildman–Crippen LogP) is 2.44. The normalized spacial score (nSPS) is 27.9. The molecule has 0 radical (unpaired) electrons. The number of anilines is 1. The zero-order valence-electron chi connectivity index (χ0n) is 17.3. The lowest BCUT2D eigenvalue weighted by Gasteiger charge is -2.35. The average Bonchev–Trinajstić information content (AvgIpc) is 3.28. The Morgan fingerprint density at radius 1 is 1.42 bits per heavy atom. The van der Waals surface area contributed by atoms with E-state index >= 15 is 0 Å². The Hall–Kier alpha value is -2.29. The van der Waals surface area contributed by atoms with Crippen molar-refractivity contribution in [3.8, 4) is 0 Å². The first-order chi connectivity index (χ1) is 14.8. The number of carbonyl (C=O) groups is 1. The van der Waals surface area contributed by atoms with Gasteiger partial charge in [-0.1, -0.05) is 29.8 Å². The van der Waals surface area contributed by atoms with Crippen LogP contribution >= 0.6 is 11.6 Å². The van der Waals surface area contributed by atoms with Crippen molar-refractivity contribution in [3.63, 3.8) is 0 Å². The SMILES string of the molecule is Cc1cccc(C(O)CNC[C@@H]2C[C@@H]3C[C@H]2[C@@H](Nc2nc(Cl)ncc2F)[C@H]3C(N)=O)c1. The molecule has 2 bridgehead atoms. The van der Waals surface area contributed by atoms with Crippen LogP contribution in [-0.4, -0.2) is 40.1 Å². The largest absolute Gasteiger partial charge is 0.387 e. The predicted molar refractivity (Wildman–Crippen MR) is 116 cm³/mol. The van der Waals surface area contributed by atoms with E-state index < -0.39 is 11.9 Å². The lowest BCUT2D eigenvalue weighted by atomic mass is 9.77. The molecule has 166 valence electrons. The summed E-state index contributed by atoms with van der Waals surface area (Å²) in [7, 11) is 0. The Balaban J connectivity index is 1.40. The minimum atomic E-state index is -0.619. The number of benzene rings is 1. The third-order valence-corrected chi connectivity index (χ3v) is 6.84. The Morgan fingerprint density at radius 3 is 2.97 bits per heavy atom. The molecule has 1 heterocycles. The quantitative estimate of drug-likeness (QED) is 0.462. The maximum absolute atomic E-state index is 14.2. The van der Waals surface area contributed by atoms with Crippen LogP contribution in [0.15, 0.2) is 30.5 Å². The fourth-order valence-electron chi connectivity index (χ4n) is 5.34. The average molecular weight is 448 g/mol. The zero-order valence-corrected chi connectivity index (χ0v) is 18.0. The maximum atomic E-state index is 14.2. The molecule has 7 nitrogen and oxygen atoms in total. The summed E-state index contributed by atoms with van der Waals surface area (Å²) in [5, 5.41) is 16.9. The molecule has 0 saturated heterocycles. The molecule has 2 aliphatic carbocycles. The van der Waals surface area contributed by atoms with Crippen molar-refractivity contribution in [1.82, 2.24) is 15.3 Å². The first-order valence-electron chi connectivity index (χ1n) is 10.5. The Morgan fingerprint density at radius 2 is 2.23 bits per heavy atom. The molecule has 1 unspecified atom stereocenters. The third kappa shape index (κ3) is 4.66. The highest BCUT2D eigenvalue weighted by Crippen LogP contribution is 2.52. The van der Waals surface area contributed by atoms with Gasteiger partial charge < -0.3 is 21.5 Å². The smallest absolute Gasteiger partial charge is 0.224 e. The zero-order chi connectivity index (χ0) is 22.1. The molecule has 1 aromatic carbocycles. The molecule has 5 N–H and O–H groups in total. The van der Waals surface area contributed by atoms with Gasteiger partial charge in [-0.05, 0) is 61.2 Å². The molecule has 2 fully saturated rings. The molecule has 0 aliphatic heterocycles. The number of amides is 1. The molecule has 2 aromatic rings. The van der Waals surface area contributed by atoms with E-state index in [1.807, 2.05) is 31.2 Å². The van der Waals surface area contributed by atoms with Crippen LogP contribution in [-0.2, 0) is 4.79 Å². The van der Waals surface area contributed by atoms with Crippen LogP contribution in [0.1, 0.15) is 30.1 Å². The molecular weight excluding hydrogens is 421 g/mol. The number of carbonyl (C=O) groups excluding carboxylic acids is 1. The summed E-state index contributed by atoms with van der Waals surface area (Å²) in [6.07, 6.45) is 2.13. The number of halogens is 2. The Bertz CT molecular complexity index is 961. The van der Waals surface area contributed by atoms with E-state index in [9.17, 15) is 14.3 Å². The minimum absolute atomic E-state index is 0.00891. The molecule has 2 saturated carbocycles. The first kappa shape index (κ1) is 21.9. The molecule has 4 rings (SSSR count). The number of rotatable bonds is 8. The Labute approximate surface area is 185 Å². The summed E-state index contributed by atoms with van der Waals surface area (Å²) in [4.78, 5) is 19.7. The van der Waals surface area contributed by atoms with Gasteiger partial charge in [-0.3, -0.25) is 4.79 Å². The molecule has 31 heavy (non-hydrogen) atoms. The number of nitrogens with one attached hydrogen (secondary N) is 2. The number of hydrogen-bond acceptors (Lipinski definition) is 6. The fraction of sp³-hybridized carbons (Fsp3) is 0.500. The van der Waals surface area contributed by atoms with Crippen LogP contribution in [0.2, 0.25) is 5.28 Å². The van der Waals surface area contributed by atoms with Crippen molar-refractivity contribution in [2.75, 3.05) is 18.4 Å². The second kappa shape index (κ2) is 9.06. The third-order valence-electron chi connectivity index (χ3n) is 6.66. The number of aliphatic hydroxyl groups is 1. The van der Waals surface area contributed by atoms with E-state index in [0.717, 1.165) is 30.2 Å². The van der Waals surface area contributed by atoms with Gasteiger partial charge in [-0.25, -0.2) is 9.37 Å². The van der Waals surface area contributed by atoms with Crippen molar-refractivity contribution in [3.05, 3.63) is 52.7 Å². The van der Waals surface area contributed by atoms with Crippen molar-refractivity contribution >= 4 is 23.3 Å². The van der Waals surface area contributed by atoms with Gasteiger partial charge >= 0.3 is 0 Å². The lowest BCUT2D eigenvalue weighted by Crippen LogP contribution is -2.47. The van der Waals surface area contributed by atoms with Crippen LogP contribution < -0.4 is 16.4 Å². The molecule has 1 aromatic heterocycles. The second-order valence-electron chi connectivity index (χ2n) is 8.68. The highest BCUT2D eigenvalue weighted by atomic mass is 35.5. The van der Waals surface area contributed by atoms with Gasteiger partial charge in [-0.2, -0.15) is 4.98 Å². The van der Waals surface area contributed by atoms with Crippen LogP contribution in [0.5, 0.6) is 0 Å². The molecule has 0 spiro atoms. The standard InChI is InChI=1S/C22H27ClFN5O2/c1-11-3-2-4-12(5-11)17(30)10-26-8-14-6-13-7-15(14)19(18(13)20(25)31)28-21-16(24)9-27-22(23)29-21/h2-5,9,13-15,17-19,26,30H,6-8,10H2,1H3,(H2,25,31)(H,27,28,29)/t13-,14+,15-,17?,18+,19-/m1/s1. The van der Waals surface area contributed by atoms with Crippen molar-refractivity contribution < 1.29 is 14.3 Å². The van der Waals surface area contributed by atoms with E-state index in [1.54, 1.807) is 0 Å². The summed E-state index contributed by atoms with van der Waals surface area (Å²) in [6.45, 7) is 3.13. The van der Waals surface area contributed by atoms with E-state index in [-0.39, 0.29) is 46.7 Å². The van der Waals surface area contributed by atoms with Gasteiger partial charge in [0, 0.05) is 12.6 Å². The fourth-order valence-corrected chi connectivity index (χ4v) is 5.47. The number of hydrogen-bond donors (Lipinski definition) is 4. The maximum Gasteiger partial charge on any atom is 0.224 e. The summed E-state index contributed by atoms with van der Waals surface area (Å²) < 4.78 is 14.2. The number of aliphatic hydroxyl groups excluding tert-OH is 1. The minimum Gasteiger partial charge on any atom is -0.387 e. The van der Waals surface area contributed by atoms with E-state index in [1.165, 1.54) is 0 Å². The number of nitrogens with two attached hydrogens (primary N) is 1. The summed E-state index contributed by atoms with van der Waals surface area (Å²) in [5.41, 5.74) is 7.66. The van der Waals surface area contributed by atoms with Crippen LogP contribution in [0.25, 0.3) is 0 Å². The van der Waals surface area contributed by atoms with Gasteiger partial charge in [0.2, 0.25) is 11.2 Å². The van der Waals surface area contributed by atoms with Gasteiger partial charge in [0.05, 0.1) is 18.2 Å². The summed E-state index contributed by atoms with van der Waals surface area (Å²) in [6, 6.07) is 7.50. The highest BCUT2D eigenvalue weighted by molar-refractivity contribution is 6.28. The summed E-state index contributed by atoms with van der Waals surface area (Å²) in [5.74, 6) is -0.827. The highest BCUT2D eigenvalue weighted by Gasteiger charge is 2.54. The van der Waals surface area contributed by atoms with Crippen LogP contribution in [0, 0.1) is 36.4 Å². The molecule has 6 atom stereocenters. The number of aryl methyl sites for hydroxylation is 1. The van der Waals surface area contributed by atoms with Crippen LogP contribution in [0.4, 0.5) is 10.2 Å². The van der Waals surface area contributed by atoms with E-state index in [2.05, 4.69) is 20.6 Å². The molecular formula is C22H27ClFN5O2. The molecule has 2 aliphatic rings. The van der Waals surface area contributed by atoms with Crippen LogP contribution in [0.3, 0.4) is 0 Å². The lowest BCUT2D eigenvalue weighted by molar-refractivity contribution is -0.123. The van der Waals surface area contributed by atoms with Crippen molar-refractivity contribution in [2.45, 2.75) is 31.9 Å². The number of nitrogens with zero attached hydrogens (tertiary/aromatic N) is 2. The number of aromatic nitrogens is 2. The summed E-state index contributed by atoms with van der Waals surface area (Å²) >= 11 is 5.81. The monoisotopic (exact) mass is 447 g/mol. The van der Waals surface area contributed by atoms with E-state index in [0.29, 0.717) is 13.1 Å². The Kier molecular flexibility index (Phi) is 6.41. The van der Waals surface area contributed by atoms with Gasteiger partial charge in [0.25, 0.3) is 0 Å². The van der Waals surface area contributed by atoms with Gasteiger partial charge in [0.15, 0.2) is 11.6 Å².